The summed E-state index contributed by atoms with van der Waals surface area (Å²) in [7, 11) is 0. The molecule has 0 bridgehead atoms. The van der Waals surface area contributed by atoms with Crippen LogP contribution in [0.2, 0.25) is 5.02 Å². The molecule has 0 saturated heterocycles. The molecule has 1 aromatic carbocycles. The highest BCUT2D eigenvalue weighted by molar-refractivity contribution is 7.13. The summed E-state index contributed by atoms with van der Waals surface area (Å²) in [6.45, 7) is 2.34. The number of nitrogens with two attached hydrogens (primary N) is 1. The summed E-state index contributed by atoms with van der Waals surface area (Å²) >= 11 is 7.90. The van der Waals surface area contributed by atoms with Crippen LogP contribution in [0.1, 0.15) is 23.5 Å². The van der Waals surface area contributed by atoms with Crippen LogP contribution in [0, 0.1) is 6.92 Å². The van der Waals surface area contributed by atoms with E-state index in [9.17, 15) is 4.79 Å². The monoisotopic (exact) mass is 345 g/mol. The number of carboxylic acids is 1. The van der Waals surface area contributed by atoms with Crippen molar-refractivity contribution in [3.05, 3.63) is 45.8 Å². The van der Waals surface area contributed by atoms with Crippen molar-refractivity contribution in [2.75, 3.05) is 6.54 Å². The van der Waals surface area contributed by atoms with Crippen molar-refractivity contribution in [3.8, 4) is 10.4 Å². The molecule has 114 valence electrons. The van der Waals surface area contributed by atoms with Gasteiger partial charge in [0.1, 0.15) is 0 Å². The summed E-state index contributed by atoms with van der Waals surface area (Å²) in [5.41, 5.74) is 8.72. The SMILES string of the molecule is Cc1ccsc1-c1cc([C@H](CN)CC(=O)O)ccc1Cl.Cl. The molecule has 2 aromatic rings. The van der Waals surface area contributed by atoms with E-state index in [1.54, 1.807) is 11.3 Å². The third kappa shape index (κ3) is 4.20. The second-order valence-corrected chi connectivity index (χ2v) is 6.03. The number of aliphatic carboxylic acids is 1. The van der Waals surface area contributed by atoms with Gasteiger partial charge in [0.05, 0.1) is 6.42 Å². The lowest BCUT2D eigenvalue weighted by atomic mass is 9.93. The van der Waals surface area contributed by atoms with Crippen LogP contribution < -0.4 is 5.73 Å². The van der Waals surface area contributed by atoms with Crippen LogP contribution >= 0.6 is 35.3 Å². The number of aryl methyl sites for hydroxylation is 1. The van der Waals surface area contributed by atoms with E-state index in [2.05, 4.69) is 0 Å². The van der Waals surface area contributed by atoms with Gasteiger partial charge in [-0.1, -0.05) is 17.7 Å². The number of hydrogen-bond donors (Lipinski definition) is 2. The van der Waals surface area contributed by atoms with Gasteiger partial charge in [-0.3, -0.25) is 4.79 Å². The van der Waals surface area contributed by atoms with E-state index in [-0.39, 0.29) is 24.7 Å². The van der Waals surface area contributed by atoms with Gasteiger partial charge in [-0.25, -0.2) is 0 Å². The van der Waals surface area contributed by atoms with Crippen LogP contribution in [0.4, 0.5) is 0 Å². The van der Waals surface area contributed by atoms with E-state index in [1.807, 2.05) is 36.6 Å². The Bertz CT molecular complexity index is 628. The summed E-state index contributed by atoms with van der Waals surface area (Å²) in [5.74, 6) is -1.03. The maximum absolute atomic E-state index is 10.9. The van der Waals surface area contributed by atoms with Crippen LogP contribution in [-0.2, 0) is 4.79 Å². The molecule has 2 rings (SSSR count). The van der Waals surface area contributed by atoms with Crippen molar-refractivity contribution >= 4 is 41.3 Å². The van der Waals surface area contributed by atoms with Gasteiger partial charge in [-0.15, -0.1) is 23.7 Å². The van der Waals surface area contributed by atoms with Crippen molar-refractivity contribution in [2.45, 2.75) is 19.3 Å². The van der Waals surface area contributed by atoms with E-state index in [0.29, 0.717) is 11.6 Å². The fourth-order valence-corrected chi connectivity index (χ4v) is 3.39. The summed E-state index contributed by atoms with van der Waals surface area (Å²) < 4.78 is 0. The number of rotatable bonds is 5. The minimum atomic E-state index is -0.843. The first-order valence-electron chi connectivity index (χ1n) is 6.28. The van der Waals surface area contributed by atoms with Gasteiger partial charge in [-0.05, 0) is 48.2 Å². The molecule has 0 unspecified atom stereocenters. The van der Waals surface area contributed by atoms with Gasteiger partial charge < -0.3 is 10.8 Å². The van der Waals surface area contributed by atoms with Crippen molar-refractivity contribution in [1.29, 1.82) is 0 Å². The smallest absolute Gasteiger partial charge is 0.304 e. The third-order valence-electron chi connectivity index (χ3n) is 3.27. The summed E-state index contributed by atoms with van der Waals surface area (Å²) in [4.78, 5) is 12.0. The van der Waals surface area contributed by atoms with Crippen LogP contribution in [0.3, 0.4) is 0 Å². The maximum atomic E-state index is 10.9. The molecule has 1 heterocycles. The highest BCUT2D eigenvalue weighted by atomic mass is 35.5. The summed E-state index contributed by atoms with van der Waals surface area (Å²) in [6, 6.07) is 7.67. The topological polar surface area (TPSA) is 63.3 Å². The van der Waals surface area contributed by atoms with Crippen molar-refractivity contribution in [3.63, 3.8) is 0 Å². The first-order valence-corrected chi connectivity index (χ1v) is 7.54. The first-order chi connectivity index (χ1) is 9.52. The Labute approximate surface area is 139 Å². The Morgan fingerprint density at radius 3 is 2.67 bits per heavy atom. The molecular weight excluding hydrogens is 329 g/mol. The molecule has 0 saturated carbocycles. The lowest BCUT2D eigenvalue weighted by molar-refractivity contribution is -0.137. The molecule has 0 radical (unpaired) electrons. The van der Waals surface area contributed by atoms with Gasteiger partial charge in [0, 0.05) is 21.4 Å². The second-order valence-electron chi connectivity index (χ2n) is 4.70. The fourth-order valence-electron chi connectivity index (χ4n) is 2.17. The molecule has 0 aliphatic carbocycles. The highest BCUT2D eigenvalue weighted by Gasteiger charge is 2.16. The Kier molecular flexibility index (Phi) is 6.68. The molecule has 0 aliphatic heterocycles. The third-order valence-corrected chi connectivity index (χ3v) is 4.65. The van der Waals surface area contributed by atoms with E-state index in [4.69, 9.17) is 22.4 Å². The predicted molar refractivity (Wildman–Crippen MR) is 90.8 cm³/mol. The van der Waals surface area contributed by atoms with E-state index in [0.717, 1.165) is 21.6 Å². The number of carbonyl (C=O) groups is 1. The van der Waals surface area contributed by atoms with Crippen molar-refractivity contribution in [1.82, 2.24) is 0 Å². The molecule has 0 amide bonds. The predicted octanol–water partition coefficient (Wildman–Crippen LogP) is 4.32. The van der Waals surface area contributed by atoms with Gasteiger partial charge in [-0.2, -0.15) is 0 Å². The first kappa shape index (κ1) is 18.0. The molecule has 1 atom stereocenters. The average Bonchev–Trinajstić information content (AvgIpc) is 2.83. The van der Waals surface area contributed by atoms with E-state index in [1.165, 1.54) is 0 Å². The van der Waals surface area contributed by atoms with Gasteiger partial charge in [0.2, 0.25) is 0 Å². The number of benzene rings is 1. The molecule has 21 heavy (non-hydrogen) atoms. The quantitative estimate of drug-likeness (QED) is 0.848. The Morgan fingerprint density at radius 1 is 1.43 bits per heavy atom. The zero-order chi connectivity index (χ0) is 14.7. The van der Waals surface area contributed by atoms with Gasteiger partial charge >= 0.3 is 5.97 Å². The normalized spacial score (nSPS) is 11.8. The lowest BCUT2D eigenvalue weighted by Crippen LogP contribution is -2.16. The van der Waals surface area contributed by atoms with Crippen LogP contribution in [0.15, 0.2) is 29.6 Å². The van der Waals surface area contributed by atoms with Crippen LogP contribution in [0.25, 0.3) is 10.4 Å². The van der Waals surface area contributed by atoms with E-state index < -0.39 is 5.97 Å². The van der Waals surface area contributed by atoms with E-state index >= 15 is 0 Å². The molecule has 0 aliphatic rings. The Hall–Kier alpha value is -1.07. The standard InChI is InChI=1S/C15H16ClNO2S.ClH/c1-9-4-5-20-15(9)12-6-10(2-3-13(12)16)11(8-17)7-14(18)19;/h2-6,11H,7-8,17H2,1H3,(H,18,19);1H/t11-;/m0./s1. The lowest BCUT2D eigenvalue weighted by Gasteiger charge is -2.15. The Balaban J connectivity index is 0.00000220. The number of halogens is 2. The zero-order valence-corrected chi connectivity index (χ0v) is 13.9. The maximum Gasteiger partial charge on any atom is 0.304 e. The molecule has 6 heteroatoms. The second kappa shape index (κ2) is 7.80. The number of thiophene rings is 1. The van der Waals surface area contributed by atoms with Crippen molar-refractivity contribution in [2.24, 2.45) is 5.73 Å². The molecule has 0 spiro atoms. The zero-order valence-electron chi connectivity index (χ0n) is 11.5. The molecule has 3 N–H and O–H groups in total. The van der Waals surface area contributed by atoms with Crippen LogP contribution in [0.5, 0.6) is 0 Å². The molecule has 3 nitrogen and oxygen atoms in total. The largest absolute Gasteiger partial charge is 0.481 e. The van der Waals surface area contributed by atoms with Crippen LogP contribution in [-0.4, -0.2) is 17.6 Å². The number of carboxylic acid groups (broad SMARTS) is 1. The summed E-state index contributed by atoms with van der Waals surface area (Å²) in [5, 5.41) is 11.6. The highest BCUT2D eigenvalue weighted by Crippen LogP contribution is 2.36. The molecule has 0 fully saturated rings. The fraction of sp³-hybridized carbons (Fsp3) is 0.267. The van der Waals surface area contributed by atoms with Crippen molar-refractivity contribution < 1.29 is 9.90 Å². The Morgan fingerprint density at radius 2 is 2.14 bits per heavy atom. The summed E-state index contributed by atoms with van der Waals surface area (Å²) in [6.07, 6.45) is 0.0288. The molecule has 1 aromatic heterocycles. The average molecular weight is 346 g/mol. The molecular formula is C15H17Cl2NO2S. The van der Waals surface area contributed by atoms with Gasteiger partial charge in [0.15, 0.2) is 0 Å². The minimum Gasteiger partial charge on any atom is -0.481 e. The number of hydrogen-bond acceptors (Lipinski definition) is 3. The van der Waals surface area contributed by atoms with Gasteiger partial charge in [0.25, 0.3) is 0 Å². The minimum absolute atomic E-state index is 0.